The molecule has 6 nitrogen and oxygen atoms in total. The molecule has 8 heteroatoms. The van der Waals surface area contributed by atoms with Gasteiger partial charge in [-0.1, -0.05) is 12.1 Å². The van der Waals surface area contributed by atoms with Crippen LogP contribution < -0.4 is 10.2 Å². The van der Waals surface area contributed by atoms with Crippen LogP contribution in [0.2, 0.25) is 0 Å². The summed E-state index contributed by atoms with van der Waals surface area (Å²) in [6.07, 6.45) is 1.79. The predicted molar refractivity (Wildman–Crippen MR) is 149 cm³/mol. The van der Waals surface area contributed by atoms with Gasteiger partial charge in [-0.3, -0.25) is 4.98 Å². The topological polar surface area (TPSA) is 75.4 Å². The number of fused-ring (bicyclic) bond motifs is 1. The number of hydrogen-bond donors (Lipinski definition) is 2. The highest BCUT2D eigenvalue weighted by Crippen LogP contribution is 2.42. The second-order valence-corrected chi connectivity index (χ2v) is 10.6. The molecule has 3 aromatic carbocycles. The van der Waals surface area contributed by atoms with Gasteiger partial charge < -0.3 is 20.2 Å². The van der Waals surface area contributed by atoms with Gasteiger partial charge in [0.1, 0.15) is 23.5 Å². The lowest BCUT2D eigenvalue weighted by Gasteiger charge is -2.45. The third-order valence-corrected chi connectivity index (χ3v) is 7.70. The fourth-order valence-corrected chi connectivity index (χ4v) is 5.82. The second kappa shape index (κ2) is 10.3. The number of pyridine rings is 1. The van der Waals surface area contributed by atoms with E-state index in [0.717, 1.165) is 85.2 Å². The summed E-state index contributed by atoms with van der Waals surface area (Å²) in [5.41, 5.74) is 4.77. The molecule has 2 aliphatic rings. The zero-order chi connectivity index (χ0) is 27.1. The van der Waals surface area contributed by atoms with Crippen LogP contribution >= 0.6 is 0 Å². The van der Waals surface area contributed by atoms with Crippen LogP contribution in [0.4, 0.5) is 14.5 Å². The number of nitriles is 1. The van der Waals surface area contributed by atoms with Gasteiger partial charge >= 0.3 is 0 Å². The first-order valence-corrected chi connectivity index (χ1v) is 13.2. The third kappa shape index (κ3) is 4.91. The minimum absolute atomic E-state index is 0.120. The molecule has 0 saturated carbocycles. The molecule has 1 aromatic heterocycles. The average Bonchev–Trinajstić information content (AvgIpc) is 2.91. The molecule has 3 heterocycles. The van der Waals surface area contributed by atoms with Crippen molar-refractivity contribution >= 4 is 16.6 Å². The van der Waals surface area contributed by atoms with Crippen molar-refractivity contribution < 1.29 is 13.9 Å². The average molecular weight is 526 g/mol. The van der Waals surface area contributed by atoms with Gasteiger partial charge in [0.2, 0.25) is 0 Å². The molecule has 2 fully saturated rings. The molecule has 2 N–H and O–H groups in total. The maximum absolute atomic E-state index is 14.5. The molecule has 198 valence electrons. The Morgan fingerprint density at radius 3 is 2.51 bits per heavy atom. The summed E-state index contributed by atoms with van der Waals surface area (Å²) in [7, 11) is 0. The summed E-state index contributed by atoms with van der Waals surface area (Å²) in [5, 5.41) is 24.3. The molecule has 6 rings (SSSR count). The fraction of sp³-hybridized carbons (Fsp3) is 0.290. The minimum atomic E-state index is -0.597. The number of aryl methyl sites for hydroxylation is 1. The number of nitrogens with one attached hydrogen (secondary N) is 1. The summed E-state index contributed by atoms with van der Waals surface area (Å²) in [6.45, 7) is 8.74. The van der Waals surface area contributed by atoms with Crippen molar-refractivity contribution in [2.75, 3.05) is 50.7 Å². The van der Waals surface area contributed by atoms with Gasteiger partial charge in [0.15, 0.2) is 0 Å². The molecule has 2 saturated heterocycles. The molecule has 2 aliphatic heterocycles. The van der Waals surface area contributed by atoms with Crippen LogP contribution in [-0.2, 0) is 0 Å². The number of aromatic hydroxyl groups is 1. The summed E-state index contributed by atoms with van der Waals surface area (Å²) >= 11 is 0. The van der Waals surface area contributed by atoms with E-state index in [1.807, 2.05) is 31.2 Å². The first-order chi connectivity index (χ1) is 18.9. The zero-order valence-corrected chi connectivity index (χ0v) is 21.7. The highest BCUT2D eigenvalue weighted by Gasteiger charge is 2.32. The summed E-state index contributed by atoms with van der Waals surface area (Å²) in [4.78, 5) is 9.49. The molecule has 39 heavy (non-hydrogen) atoms. The van der Waals surface area contributed by atoms with Crippen LogP contribution in [-0.4, -0.2) is 60.8 Å². The van der Waals surface area contributed by atoms with E-state index in [4.69, 9.17) is 0 Å². The molecular formula is C31H29F2N5O. The molecule has 0 amide bonds. The number of rotatable bonds is 5. The first kappa shape index (κ1) is 25.2. The van der Waals surface area contributed by atoms with Gasteiger partial charge in [-0.25, -0.2) is 8.78 Å². The largest absolute Gasteiger partial charge is 0.506 e. The molecule has 0 unspecified atom stereocenters. The van der Waals surface area contributed by atoms with Gasteiger partial charge in [-0.05, 0) is 60.0 Å². The first-order valence-electron chi connectivity index (χ1n) is 13.2. The molecule has 0 radical (unpaired) electrons. The summed E-state index contributed by atoms with van der Waals surface area (Å²) < 4.78 is 28.8. The van der Waals surface area contributed by atoms with E-state index in [0.29, 0.717) is 11.5 Å². The Bertz CT molecular complexity index is 1580. The van der Waals surface area contributed by atoms with E-state index in [2.05, 4.69) is 20.1 Å². The number of nitrogens with zero attached hydrogens (tertiary/aromatic N) is 4. The third-order valence-electron chi connectivity index (χ3n) is 7.70. The van der Waals surface area contributed by atoms with Crippen molar-refractivity contribution in [2.45, 2.75) is 6.92 Å². The number of benzene rings is 3. The maximum atomic E-state index is 14.5. The number of phenols is 1. The van der Waals surface area contributed by atoms with Gasteiger partial charge in [0.25, 0.3) is 0 Å². The van der Waals surface area contributed by atoms with Gasteiger partial charge in [0.05, 0.1) is 16.8 Å². The zero-order valence-electron chi connectivity index (χ0n) is 21.7. The van der Waals surface area contributed by atoms with Crippen LogP contribution in [0.3, 0.4) is 0 Å². The number of phenolic OH excluding ortho intramolecular Hbond substituents is 1. The van der Waals surface area contributed by atoms with Gasteiger partial charge in [-0.2, -0.15) is 5.26 Å². The van der Waals surface area contributed by atoms with Crippen LogP contribution in [0, 0.1) is 35.8 Å². The SMILES string of the molecule is Cc1cc(F)cc(-c2cnc3ccc(-c4cc(F)cc(C#N)c4O)cc3c2N2CC(CN3CCNCC3)C2)c1. The van der Waals surface area contributed by atoms with Crippen molar-refractivity contribution in [1.29, 1.82) is 5.26 Å². The van der Waals surface area contributed by atoms with E-state index in [-0.39, 0.29) is 22.7 Å². The van der Waals surface area contributed by atoms with Crippen molar-refractivity contribution in [3.8, 4) is 34.1 Å². The lowest BCUT2D eigenvalue weighted by Crippen LogP contribution is -2.54. The number of aromatic nitrogens is 1. The van der Waals surface area contributed by atoms with Crippen molar-refractivity contribution in [3.63, 3.8) is 0 Å². The number of halogens is 2. The predicted octanol–water partition coefficient (Wildman–Crippen LogP) is 5.07. The summed E-state index contributed by atoms with van der Waals surface area (Å²) in [5.74, 6) is -0.647. The van der Waals surface area contributed by atoms with E-state index in [9.17, 15) is 19.1 Å². The van der Waals surface area contributed by atoms with Crippen molar-refractivity contribution in [2.24, 2.45) is 5.92 Å². The van der Waals surface area contributed by atoms with Gasteiger partial charge in [0, 0.05) is 74.4 Å². The van der Waals surface area contributed by atoms with Crippen LogP contribution in [0.1, 0.15) is 11.1 Å². The Morgan fingerprint density at radius 1 is 1.00 bits per heavy atom. The van der Waals surface area contributed by atoms with Crippen LogP contribution in [0.15, 0.2) is 54.7 Å². The monoisotopic (exact) mass is 525 g/mol. The number of piperazine rings is 1. The van der Waals surface area contributed by atoms with Crippen LogP contribution in [0.5, 0.6) is 5.75 Å². The van der Waals surface area contributed by atoms with Crippen molar-refractivity contribution in [1.82, 2.24) is 15.2 Å². The molecular weight excluding hydrogens is 496 g/mol. The highest BCUT2D eigenvalue weighted by atomic mass is 19.1. The molecule has 0 aliphatic carbocycles. The van der Waals surface area contributed by atoms with Crippen molar-refractivity contribution in [3.05, 3.63) is 77.5 Å². The molecule has 0 spiro atoms. The fourth-order valence-electron chi connectivity index (χ4n) is 5.82. The molecule has 0 bridgehead atoms. The Morgan fingerprint density at radius 2 is 1.77 bits per heavy atom. The van der Waals surface area contributed by atoms with E-state index < -0.39 is 5.82 Å². The Hall–Kier alpha value is -4.06. The standard InChI is InChI=1S/C31H29F2N5O/c1-19-8-22(10-24(32)9-19)28-15-36-29-3-2-21(26-13-25(33)11-23(14-34)31(26)39)12-27(29)30(28)38-17-20(18-38)16-37-6-4-35-5-7-37/h2-3,8-13,15,20,35,39H,4-7,16-18H2,1H3. The van der Waals surface area contributed by atoms with E-state index in [1.54, 1.807) is 12.3 Å². The molecule has 4 aromatic rings. The maximum Gasteiger partial charge on any atom is 0.141 e. The second-order valence-electron chi connectivity index (χ2n) is 10.6. The van der Waals surface area contributed by atoms with E-state index in [1.165, 1.54) is 18.2 Å². The normalized spacial score (nSPS) is 16.3. The highest BCUT2D eigenvalue weighted by molar-refractivity contribution is 6.02. The summed E-state index contributed by atoms with van der Waals surface area (Å²) in [6, 6.07) is 14.6. The Balaban J connectivity index is 1.45. The van der Waals surface area contributed by atoms with Crippen LogP contribution in [0.25, 0.3) is 33.2 Å². The van der Waals surface area contributed by atoms with Gasteiger partial charge in [-0.15, -0.1) is 0 Å². The van der Waals surface area contributed by atoms with E-state index >= 15 is 0 Å². The Kier molecular flexibility index (Phi) is 6.63. The number of anilines is 1. The lowest BCUT2D eigenvalue weighted by atomic mass is 9.92. The smallest absolute Gasteiger partial charge is 0.141 e. The molecule has 0 atom stereocenters. The minimum Gasteiger partial charge on any atom is -0.506 e. The lowest BCUT2D eigenvalue weighted by molar-refractivity contribution is 0.189. The number of hydrogen-bond acceptors (Lipinski definition) is 6. The quantitative estimate of drug-likeness (QED) is 0.379. The Labute approximate surface area is 226 Å².